The number of hydrazine groups is 1. The third-order valence-corrected chi connectivity index (χ3v) is 11.6. The molecule has 3 amide bonds. The highest BCUT2D eigenvalue weighted by Gasteiger charge is 2.38. The molecule has 0 spiro atoms. The third kappa shape index (κ3) is 9.03. The average Bonchev–Trinajstić information content (AvgIpc) is 3.88. The van der Waals surface area contributed by atoms with Crippen molar-refractivity contribution in [1.29, 1.82) is 0 Å². The number of aryl methyl sites for hydroxylation is 1. The van der Waals surface area contributed by atoms with Gasteiger partial charge in [-0.15, -0.1) is 0 Å². The van der Waals surface area contributed by atoms with E-state index in [4.69, 9.17) is 13.9 Å². The number of hydrogen-bond donors (Lipinski definition) is 3. The first-order valence-electron chi connectivity index (χ1n) is 20.8. The van der Waals surface area contributed by atoms with Gasteiger partial charge < -0.3 is 33.8 Å². The molecule has 0 aliphatic carbocycles. The summed E-state index contributed by atoms with van der Waals surface area (Å²) >= 11 is 0. The molecule has 3 N–H and O–H groups in total. The predicted octanol–water partition coefficient (Wildman–Crippen LogP) is 5.68. The number of carbonyl (C=O) groups excluding carboxylic acids is 4. The number of aromatic hydroxyl groups is 1. The second kappa shape index (κ2) is 17.9. The van der Waals surface area contributed by atoms with Crippen LogP contribution in [-0.4, -0.2) is 98.7 Å². The zero-order valence-corrected chi connectivity index (χ0v) is 35.9. The highest BCUT2D eigenvalue weighted by Crippen LogP contribution is 2.41. The number of phenolic OH excluding ortho intramolecular Hbond substituents is 1. The number of aromatic nitrogens is 3. The van der Waals surface area contributed by atoms with E-state index >= 15 is 0 Å². The van der Waals surface area contributed by atoms with Gasteiger partial charge in [0.05, 0.1) is 25.1 Å². The molecule has 0 saturated carbocycles. The molecule has 15 heteroatoms. The van der Waals surface area contributed by atoms with Crippen molar-refractivity contribution in [3.63, 3.8) is 0 Å². The molecule has 3 aromatic heterocycles. The number of esters is 1. The Balaban J connectivity index is 1.35. The summed E-state index contributed by atoms with van der Waals surface area (Å²) in [6, 6.07) is 10.4. The first-order valence-corrected chi connectivity index (χ1v) is 20.8. The van der Waals surface area contributed by atoms with Gasteiger partial charge in [0.25, 0.3) is 11.8 Å². The topological polar surface area (TPSA) is 181 Å². The van der Waals surface area contributed by atoms with Crippen LogP contribution in [0, 0.1) is 11.3 Å². The summed E-state index contributed by atoms with van der Waals surface area (Å²) in [6.45, 7) is 11.3. The van der Waals surface area contributed by atoms with Crippen LogP contribution in [0.4, 0.5) is 0 Å². The largest absolute Gasteiger partial charge is 0.508 e. The first kappa shape index (κ1) is 43.0. The fourth-order valence-electron chi connectivity index (χ4n) is 8.72. The Hall–Kier alpha value is -6.06. The molecule has 6 bridgehead atoms. The number of methoxy groups -OCH3 is 1. The lowest BCUT2D eigenvalue weighted by Gasteiger charge is -2.36. The molecular weight excluding hydrogens is 779 g/mol. The molecule has 15 nitrogen and oxygen atoms in total. The van der Waals surface area contributed by atoms with E-state index in [-0.39, 0.29) is 37.1 Å². The van der Waals surface area contributed by atoms with E-state index in [9.17, 15) is 24.3 Å². The molecule has 7 rings (SSSR count). The SMILES string of the molecule is CCn1c(-c2cnccc2COC)c2c3cc(ccc31)-c1cc(O)cc(c1)C[C@H](NC(=O)C(C(C)C)N(C)C(=O)c1ncco1)C(=O)N1CCC[C@H](N1)C(=O)OCC(C)(C)C2. The van der Waals surface area contributed by atoms with E-state index in [0.717, 1.165) is 44.4 Å². The number of amides is 3. The zero-order chi connectivity index (χ0) is 43.6. The summed E-state index contributed by atoms with van der Waals surface area (Å²) in [5.41, 5.74) is 9.72. The fourth-order valence-corrected chi connectivity index (χ4v) is 8.72. The van der Waals surface area contributed by atoms with Crippen molar-refractivity contribution in [3.8, 4) is 28.1 Å². The van der Waals surface area contributed by atoms with E-state index in [1.807, 2.05) is 24.4 Å². The highest BCUT2D eigenvalue weighted by molar-refractivity contribution is 5.97. The first-order chi connectivity index (χ1) is 29.2. The predicted molar refractivity (Wildman–Crippen MR) is 228 cm³/mol. The molecule has 0 radical (unpaired) electrons. The van der Waals surface area contributed by atoms with Gasteiger partial charge in [0.2, 0.25) is 5.91 Å². The van der Waals surface area contributed by atoms with E-state index in [2.05, 4.69) is 58.2 Å². The zero-order valence-electron chi connectivity index (χ0n) is 35.9. The maximum absolute atomic E-state index is 14.6. The number of nitrogens with one attached hydrogen (secondary N) is 2. The molecule has 2 aliphatic heterocycles. The van der Waals surface area contributed by atoms with Gasteiger partial charge in [-0.2, -0.15) is 0 Å². The van der Waals surface area contributed by atoms with Gasteiger partial charge in [-0.05, 0) is 90.3 Å². The van der Waals surface area contributed by atoms with Crippen molar-refractivity contribution in [2.24, 2.45) is 11.3 Å². The van der Waals surface area contributed by atoms with Crippen LogP contribution in [0.15, 0.2) is 71.7 Å². The number of cyclic esters (lactones) is 1. The van der Waals surface area contributed by atoms with Crippen molar-refractivity contribution in [3.05, 3.63) is 89.9 Å². The Labute approximate surface area is 355 Å². The molecule has 3 atom stereocenters. The average molecular weight is 834 g/mol. The van der Waals surface area contributed by atoms with Gasteiger partial charge in [-0.3, -0.25) is 29.2 Å². The quantitative estimate of drug-likeness (QED) is 0.156. The van der Waals surface area contributed by atoms with Crippen molar-refractivity contribution in [2.45, 2.75) is 91.6 Å². The van der Waals surface area contributed by atoms with Crippen molar-refractivity contribution in [2.75, 3.05) is 27.3 Å². The number of likely N-dealkylation sites (N-methyl/N-ethyl adjacent to an activating group) is 1. The van der Waals surface area contributed by atoms with Crippen LogP contribution in [0.3, 0.4) is 0 Å². The monoisotopic (exact) mass is 833 g/mol. The summed E-state index contributed by atoms with van der Waals surface area (Å²) in [5.74, 6) is -2.66. The number of pyridine rings is 1. The Kier molecular flexibility index (Phi) is 12.6. The molecule has 2 aromatic carbocycles. The Bertz CT molecular complexity index is 2420. The fraction of sp³-hybridized carbons (Fsp3) is 0.435. The third-order valence-electron chi connectivity index (χ3n) is 11.6. The Morgan fingerprint density at radius 1 is 1.11 bits per heavy atom. The Morgan fingerprint density at radius 2 is 1.92 bits per heavy atom. The van der Waals surface area contributed by atoms with Crippen molar-refractivity contribution < 1.29 is 38.2 Å². The van der Waals surface area contributed by atoms with Gasteiger partial charge in [-0.1, -0.05) is 39.8 Å². The van der Waals surface area contributed by atoms with Gasteiger partial charge >= 0.3 is 11.9 Å². The summed E-state index contributed by atoms with van der Waals surface area (Å²) in [6.07, 6.45) is 7.76. The maximum Gasteiger partial charge on any atom is 0.324 e. The van der Waals surface area contributed by atoms with Crippen LogP contribution in [-0.2, 0) is 49.9 Å². The van der Waals surface area contributed by atoms with Crippen molar-refractivity contribution >= 4 is 34.6 Å². The number of carbonyl (C=O) groups is 4. The molecule has 61 heavy (non-hydrogen) atoms. The van der Waals surface area contributed by atoms with Crippen LogP contribution in [0.25, 0.3) is 33.3 Å². The van der Waals surface area contributed by atoms with Crippen LogP contribution in [0.1, 0.15) is 74.8 Å². The number of phenols is 1. The number of oxazole rings is 1. The molecule has 5 aromatic rings. The number of fused-ring (bicyclic) bond motifs is 6. The minimum atomic E-state index is -1.16. The molecule has 322 valence electrons. The van der Waals surface area contributed by atoms with Gasteiger partial charge in [0, 0.05) is 67.9 Å². The number of nitrogens with zero attached hydrogens (tertiary/aromatic N) is 5. The number of ether oxygens (including phenoxy) is 2. The summed E-state index contributed by atoms with van der Waals surface area (Å²) in [7, 11) is 3.16. The maximum atomic E-state index is 14.6. The summed E-state index contributed by atoms with van der Waals surface area (Å²) in [5, 5.41) is 16.5. The molecule has 1 fully saturated rings. The van der Waals surface area contributed by atoms with E-state index in [0.29, 0.717) is 38.0 Å². The smallest absolute Gasteiger partial charge is 0.324 e. The number of benzene rings is 2. The number of rotatable bonds is 9. The summed E-state index contributed by atoms with van der Waals surface area (Å²) in [4.78, 5) is 65.7. The van der Waals surface area contributed by atoms with E-state index in [1.54, 1.807) is 39.3 Å². The lowest BCUT2D eigenvalue weighted by atomic mass is 9.84. The molecule has 1 unspecified atom stereocenters. The standard InChI is InChI=1S/C46H55N7O8/c1-8-52-38-12-11-29-22-33(38)34(40(52)35-24-47-14-13-30(35)25-59-7)23-46(4,5)26-61-45(58)36-10-9-16-53(50-36)43(56)37(20-28-18-31(29)21-32(54)19-28)49-41(55)39(27(2)3)51(6)44(57)42-48-15-17-60-42/h11-15,17-19,21-22,24,27,36-37,39,50,54H,8-10,16,20,23,25-26H2,1-7H3,(H,49,55)/t36-,37-,39?/m0/s1. The van der Waals surface area contributed by atoms with Crippen molar-refractivity contribution in [1.82, 2.24) is 35.2 Å². The molecule has 2 aliphatic rings. The van der Waals surface area contributed by atoms with Crippen LogP contribution in [0.5, 0.6) is 5.75 Å². The van der Waals surface area contributed by atoms with E-state index in [1.165, 1.54) is 29.4 Å². The highest BCUT2D eigenvalue weighted by atomic mass is 16.5. The molecular formula is C46H55N7O8. The normalized spacial score (nSPS) is 18.7. The molecule has 5 heterocycles. The molecule has 1 saturated heterocycles. The second-order valence-corrected chi connectivity index (χ2v) is 17.1. The lowest BCUT2D eigenvalue weighted by Crippen LogP contribution is -2.62. The van der Waals surface area contributed by atoms with E-state index < -0.39 is 47.2 Å². The summed E-state index contributed by atoms with van der Waals surface area (Å²) < 4.78 is 19.2. The minimum Gasteiger partial charge on any atom is -0.508 e. The van der Waals surface area contributed by atoms with Gasteiger partial charge in [-0.25, -0.2) is 10.4 Å². The lowest BCUT2D eigenvalue weighted by molar-refractivity contribution is -0.155. The van der Waals surface area contributed by atoms with Crippen LogP contribution >= 0.6 is 0 Å². The van der Waals surface area contributed by atoms with Gasteiger partial charge in [0.1, 0.15) is 30.1 Å². The van der Waals surface area contributed by atoms with Crippen LogP contribution in [0.2, 0.25) is 0 Å². The number of hydrogen-bond acceptors (Lipinski definition) is 11. The van der Waals surface area contributed by atoms with Gasteiger partial charge in [0.15, 0.2) is 0 Å². The second-order valence-electron chi connectivity index (χ2n) is 17.1. The minimum absolute atomic E-state index is 0.0111. The van der Waals surface area contributed by atoms with Crippen LogP contribution < -0.4 is 10.7 Å². The Morgan fingerprint density at radius 3 is 2.64 bits per heavy atom.